The van der Waals surface area contributed by atoms with Crippen molar-refractivity contribution in [2.24, 2.45) is 0 Å². The average molecular weight is 328 g/mol. The molecule has 0 radical (unpaired) electrons. The highest BCUT2D eigenvalue weighted by molar-refractivity contribution is 6.32. The molecular weight excluding hydrogens is 314 g/mol. The van der Waals surface area contributed by atoms with Crippen LogP contribution in [-0.2, 0) is 0 Å². The topological polar surface area (TPSA) is 57.1 Å². The van der Waals surface area contributed by atoms with E-state index in [1.54, 1.807) is 38.9 Å². The summed E-state index contributed by atoms with van der Waals surface area (Å²) in [4.78, 5) is 12.7. The Hall–Kier alpha value is -2.66. The van der Waals surface area contributed by atoms with Gasteiger partial charge in [0.25, 0.3) is 0 Å². The Morgan fingerprint density at radius 1 is 0.870 bits per heavy atom. The van der Waals surface area contributed by atoms with Crippen molar-refractivity contribution in [3.05, 3.63) is 54.1 Å². The number of halogens is 1. The van der Waals surface area contributed by atoms with E-state index in [1.165, 1.54) is 0 Å². The molecule has 3 aromatic rings. The first-order chi connectivity index (χ1) is 11.2. The Kier molecular flexibility index (Phi) is 4.39. The first-order valence-corrected chi connectivity index (χ1v) is 7.26. The summed E-state index contributed by atoms with van der Waals surface area (Å²) < 4.78 is 10.5. The summed E-state index contributed by atoms with van der Waals surface area (Å²) in [5, 5.41) is 0.389. The third-order valence-electron chi connectivity index (χ3n) is 3.39. The standard InChI is InChI=1S/C17H14ClN3O2/c1-22-14-6-5-11(10-21-14)15-12(7-9-19-16(15)18)13-4-3-8-20-17(13)23-2/h3-10H,1-2H3. The second kappa shape index (κ2) is 6.62. The molecular formula is C17H14ClN3O2. The Bertz CT molecular complexity index is 822. The van der Waals surface area contributed by atoms with Crippen LogP contribution in [0.15, 0.2) is 48.9 Å². The quantitative estimate of drug-likeness (QED) is 0.681. The summed E-state index contributed by atoms with van der Waals surface area (Å²) >= 11 is 6.35. The van der Waals surface area contributed by atoms with E-state index < -0.39 is 0 Å². The van der Waals surface area contributed by atoms with Gasteiger partial charge in [0, 0.05) is 41.3 Å². The predicted octanol–water partition coefficient (Wildman–Crippen LogP) is 3.88. The van der Waals surface area contributed by atoms with E-state index in [0.717, 1.165) is 22.3 Å². The summed E-state index contributed by atoms with van der Waals surface area (Å²) in [5.41, 5.74) is 3.33. The van der Waals surface area contributed by atoms with Gasteiger partial charge in [0.05, 0.1) is 14.2 Å². The zero-order valence-electron chi connectivity index (χ0n) is 12.7. The molecule has 23 heavy (non-hydrogen) atoms. The molecule has 0 aliphatic rings. The SMILES string of the molecule is COc1ccc(-c2c(-c3cccnc3OC)ccnc2Cl)cn1. The van der Waals surface area contributed by atoms with Crippen LogP contribution in [0.3, 0.4) is 0 Å². The lowest BCUT2D eigenvalue weighted by Crippen LogP contribution is -1.95. The van der Waals surface area contributed by atoms with Crippen molar-refractivity contribution in [1.29, 1.82) is 0 Å². The summed E-state index contributed by atoms with van der Waals surface area (Å²) in [6, 6.07) is 9.33. The predicted molar refractivity (Wildman–Crippen MR) is 88.8 cm³/mol. The number of hydrogen-bond donors (Lipinski definition) is 0. The van der Waals surface area contributed by atoms with Gasteiger partial charge >= 0.3 is 0 Å². The molecule has 0 N–H and O–H groups in total. The van der Waals surface area contributed by atoms with E-state index in [-0.39, 0.29) is 0 Å². The molecule has 0 unspecified atom stereocenters. The van der Waals surface area contributed by atoms with E-state index in [1.807, 2.05) is 24.3 Å². The van der Waals surface area contributed by atoms with Crippen molar-refractivity contribution in [2.75, 3.05) is 14.2 Å². The van der Waals surface area contributed by atoms with Crippen LogP contribution in [-0.4, -0.2) is 29.2 Å². The van der Waals surface area contributed by atoms with Gasteiger partial charge in [-0.3, -0.25) is 0 Å². The summed E-state index contributed by atoms with van der Waals surface area (Å²) in [5.74, 6) is 1.06. The van der Waals surface area contributed by atoms with Gasteiger partial charge in [-0.1, -0.05) is 11.6 Å². The lowest BCUT2D eigenvalue weighted by Gasteiger charge is -2.13. The summed E-state index contributed by atoms with van der Waals surface area (Å²) in [7, 11) is 3.16. The largest absolute Gasteiger partial charge is 0.481 e. The molecule has 0 bridgehead atoms. The van der Waals surface area contributed by atoms with Gasteiger partial charge in [-0.15, -0.1) is 0 Å². The van der Waals surface area contributed by atoms with Crippen LogP contribution < -0.4 is 9.47 Å². The highest BCUT2D eigenvalue weighted by Gasteiger charge is 2.16. The molecule has 3 heterocycles. The van der Waals surface area contributed by atoms with E-state index in [9.17, 15) is 0 Å². The lowest BCUT2D eigenvalue weighted by molar-refractivity contribution is 0.398. The Labute approximate surface area is 138 Å². The van der Waals surface area contributed by atoms with Crippen molar-refractivity contribution >= 4 is 11.6 Å². The Balaban J connectivity index is 2.21. The van der Waals surface area contributed by atoms with E-state index in [0.29, 0.717) is 16.9 Å². The van der Waals surface area contributed by atoms with Gasteiger partial charge in [0.1, 0.15) is 5.15 Å². The molecule has 0 saturated heterocycles. The minimum atomic E-state index is 0.389. The molecule has 0 saturated carbocycles. The Morgan fingerprint density at radius 3 is 2.43 bits per heavy atom. The van der Waals surface area contributed by atoms with Crippen molar-refractivity contribution in [3.8, 4) is 34.0 Å². The second-order valence-electron chi connectivity index (χ2n) is 4.67. The molecule has 0 fully saturated rings. The van der Waals surface area contributed by atoms with Crippen molar-refractivity contribution < 1.29 is 9.47 Å². The van der Waals surface area contributed by atoms with Gasteiger partial charge in [-0.25, -0.2) is 15.0 Å². The first-order valence-electron chi connectivity index (χ1n) is 6.89. The minimum absolute atomic E-state index is 0.389. The molecule has 0 atom stereocenters. The van der Waals surface area contributed by atoms with E-state index >= 15 is 0 Å². The molecule has 0 spiro atoms. The monoisotopic (exact) mass is 327 g/mol. The van der Waals surface area contributed by atoms with Gasteiger partial charge in [-0.05, 0) is 29.8 Å². The molecule has 5 nitrogen and oxygen atoms in total. The molecule has 6 heteroatoms. The molecule has 3 rings (SSSR count). The van der Waals surface area contributed by atoms with Crippen molar-refractivity contribution in [2.45, 2.75) is 0 Å². The van der Waals surface area contributed by atoms with Crippen LogP contribution in [0.5, 0.6) is 11.8 Å². The molecule has 0 amide bonds. The third-order valence-corrected chi connectivity index (χ3v) is 3.68. The first kappa shape index (κ1) is 15.2. The van der Waals surface area contributed by atoms with Gasteiger partial charge < -0.3 is 9.47 Å². The highest BCUT2D eigenvalue weighted by atomic mass is 35.5. The molecule has 0 aromatic carbocycles. The van der Waals surface area contributed by atoms with E-state index in [4.69, 9.17) is 21.1 Å². The third kappa shape index (κ3) is 2.96. The van der Waals surface area contributed by atoms with Crippen LogP contribution in [0, 0.1) is 0 Å². The number of methoxy groups -OCH3 is 2. The van der Waals surface area contributed by atoms with Crippen LogP contribution in [0.1, 0.15) is 0 Å². The summed E-state index contributed by atoms with van der Waals surface area (Å²) in [6.45, 7) is 0. The number of ether oxygens (including phenoxy) is 2. The number of hydrogen-bond acceptors (Lipinski definition) is 5. The highest BCUT2D eigenvalue weighted by Crippen LogP contribution is 2.39. The fraction of sp³-hybridized carbons (Fsp3) is 0.118. The van der Waals surface area contributed by atoms with E-state index in [2.05, 4.69) is 15.0 Å². The van der Waals surface area contributed by atoms with Gasteiger partial charge in [0.2, 0.25) is 11.8 Å². The normalized spacial score (nSPS) is 10.4. The summed E-state index contributed by atoms with van der Waals surface area (Å²) in [6.07, 6.45) is 5.04. The van der Waals surface area contributed by atoms with Crippen LogP contribution >= 0.6 is 11.6 Å². The fourth-order valence-electron chi connectivity index (χ4n) is 2.34. The molecule has 0 aliphatic heterocycles. The zero-order chi connectivity index (χ0) is 16.2. The maximum Gasteiger partial charge on any atom is 0.221 e. The Morgan fingerprint density at radius 2 is 1.74 bits per heavy atom. The molecule has 0 aliphatic carbocycles. The molecule has 116 valence electrons. The number of nitrogens with zero attached hydrogens (tertiary/aromatic N) is 3. The molecule has 3 aromatic heterocycles. The van der Waals surface area contributed by atoms with Crippen molar-refractivity contribution in [3.63, 3.8) is 0 Å². The van der Waals surface area contributed by atoms with Crippen LogP contribution in [0.2, 0.25) is 5.15 Å². The fourth-order valence-corrected chi connectivity index (χ4v) is 2.61. The van der Waals surface area contributed by atoms with Crippen LogP contribution in [0.4, 0.5) is 0 Å². The van der Waals surface area contributed by atoms with Crippen molar-refractivity contribution in [1.82, 2.24) is 15.0 Å². The lowest BCUT2D eigenvalue weighted by atomic mass is 9.98. The number of aromatic nitrogens is 3. The maximum atomic E-state index is 6.35. The van der Waals surface area contributed by atoms with Gasteiger partial charge in [-0.2, -0.15) is 0 Å². The minimum Gasteiger partial charge on any atom is -0.481 e. The number of pyridine rings is 3. The number of rotatable bonds is 4. The van der Waals surface area contributed by atoms with Crippen LogP contribution in [0.25, 0.3) is 22.3 Å². The van der Waals surface area contributed by atoms with Gasteiger partial charge in [0.15, 0.2) is 0 Å². The second-order valence-corrected chi connectivity index (χ2v) is 5.03. The average Bonchev–Trinajstić information content (AvgIpc) is 2.61. The zero-order valence-corrected chi connectivity index (χ0v) is 13.4. The maximum absolute atomic E-state index is 6.35. The smallest absolute Gasteiger partial charge is 0.221 e.